The van der Waals surface area contributed by atoms with E-state index in [0.717, 1.165) is 12.8 Å². The van der Waals surface area contributed by atoms with E-state index in [1.54, 1.807) is 4.90 Å². The van der Waals surface area contributed by atoms with E-state index in [4.69, 9.17) is 11.6 Å². The Morgan fingerprint density at radius 2 is 2.05 bits per heavy atom. The van der Waals surface area contributed by atoms with Crippen LogP contribution in [0.1, 0.15) is 30.1 Å². The summed E-state index contributed by atoms with van der Waals surface area (Å²) < 4.78 is 0. The van der Waals surface area contributed by atoms with Crippen molar-refractivity contribution in [1.29, 1.82) is 0 Å². The second-order valence-corrected chi connectivity index (χ2v) is 5.96. The highest BCUT2D eigenvalue weighted by Crippen LogP contribution is 2.27. The number of carbonyl (C=O) groups is 1. The number of amides is 1. The minimum absolute atomic E-state index is 0.0110. The smallest absolute Gasteiger partial charge is 0.282 e. The van der Waals surface area contributed by atoms with Gasteiger partial charge in [0, 0.05) is 29.7 Å². The third kappa shape index (κ3) is 3.33. The monoisotopic (exact) mass is 311 g/mol. The first-order valence-electron chi connectivity index (χ1n) is 6.78. The van der Waals surface area contributed by atoms with Gasteiger partial charge in [-0.05, 0) is 38.9 Å². The van der Waals surface area contributed by atoms with Gasteiger partial charge in [0.15, 0.2) is 0 Å². The van der Waals surface area contributed by atoms with Crippen molar-refractivity contribution < 1.29 is 9.72 Å². The molecule has 1 saturated heterocycles. The summed E-state index contributed by atoms with van der Waals surface area (Å²) in [4.78, 5) is 24.7. The molecule has 0 aliphatic carbocycles. The fraction of sp³-hybridized carbons (Fsp3) is 0.500. The highest BCUT2D eigenvalue weighted by molar-refractivity contribution is 6.31. The molecule has 2 rings (SSSR count). The van der Waals surface area contributed by atoms with Crippen molar-refractivity contribution in [2.45, 2.75) is 25.3 Å². The maximum atomic E-state index is 12.5. The normalized spacial score (nSPS) is 17.6. The SMILES string of the molecule is CNC1(C)CCN(C(=O)c2cc(Cl)ccc2[N+](=O)[O-])CC1. The number of nitro groups is 1. The largest absolute Gasteiger partial charge is 0.338 e. The molecule has 1 fully saturated rings. The molecular weight excluding hydrogens is 294 g/mol. The average Bonchev–Trinajstić information content (AvgIpc) is 2.47. The maximum absolute atomic E-state index is 12.5. The number of halogens is 1. The Kier molecular flexibility index (Phi) is 4.49. The first-order chi connectivity index (χ1) is 9.86. The molecule has 0 bridgehead atoms. The van der Waals surface area contributed by atoms with Gasteiger partial charge in [-0.15, -0.1) is 0 Å². The van der Waals surface area contributed by atoms with Crippen molar-refractivity contribution in [3.8, 4) is 0 Å². The zero-order valence-corrected chi connectivity index (χ0v) is 12.8. The van der Waals surface area contributed by atoms with Gasteiger partial charge in [0.2, 0.25) is 0 Å². The van der Waals surface area contributed by atoms with Crippen LogP contribution in [0.15, 0.2) is 18.2 Å². The van der Waals surface area contributed by atoms with E-state index >= 15 is 0 Å². The van der Waals surface area contributed by atoms with Crippen LogP contribution in [0.4, 0.5) is 5.69 Å². The molecule has 6 nitrogen and oxygen atoms in total. The number of hydrogen-bond acceptors (Lipinski definition) is 4. The van der Waals surface area contributed by atoms with Gasteiger partial charge in [-0.25, -0.2) is 0 Å². The van der Waals surface area contributed by atoms with E-state index in [2.05, 4.69) is 12.2 Å². The van der Waals surface area contributed by atoms with Crippen molar-refractivity contribution in [1.82, 2.24) is 10.2 Å². The number of hydrogen-bond donors (Lipinski definition) is 1. The molecule has 1 N–H and O–H groups in total. The number of carbonyl (C=O) groups excluding carboxylic acids is 1. The van der Waals surface area contributed by atoms with Gasteiger partial charge in [-0.3, -0.25) is 14.9 Å². The summed E-state index contributed by atoms with van der Waals surface area (Å²) in [5, 5.41) is 14.6. The number of rotatable bonds is 3. The predicted octanol–water partition coefficient (Wildman–Crippen LogP) is 2.46. The minimum atomic E-state index is -0.550. The van der Waals surface area contributed by atoms with Crippen LogP contribution in [0, 0.1) is 10.1 Å². The molecule has 0 radical (unpaired) electrons. The fourth-order valence-electron chi connectivity index (χ4n) is 2.46. The van der Waals surface area contributed by atoms with Gasteiger partial charge in [-0.2, -0.15) is 0 Å². The van der Waals surface area contributed by atoms with Gasteiger partial charge >= 0.3 is 0 Å². The van der Waals surface area contributed by atoms with Crippen LogP contribution in [0.2, 0.25) is 5.02 Å². The lowest BCUT2D eigenvalue weighted by Gasteiger charge is -2.39. The van der Waals surface area contributed by atoms with E-state index in [9.17, 15) is 14.9 Å². The van der Waals surface area contributed by atoms with Crippen molar-refractivity contribution in [2.75, 3.05) is 20.1 Å². The standard InChI is InChI=1S/C14H18ClN3O3/c1-14(16-2)5-7-17(8-6-14)13(19)11-9-10(15)3-4-12(11)18(20)21/h3-4,9,16H,5-8H2,1-2H3. The van der Waals surface area contributed by atoms with E-state index < -0.39 is 4.92 Å². The first-order valence-corrected chi connectivity index (χ1v) is 7.16. The molecule has 1 aliphatic rings. The first kappa shape index (κ1) is 15.7. The lowest BCUT2D eigenvalue weighted by molar-refractivity contribution is -0.385. The molecule has 1 aliphatic heterocycles. The summed E-state index contributed by atoms with van der Waals surface area (Å²) in [7, 11) is 1.90. The highest BCUT2D eigenvalue weighted by atomic mass is 35.5. The topological polar surface area (TPSA) is 75.5 Å². The van der Waals surface area contributed by atoms with Crippen molar-refractivity contribution in [2.24, 2.45) is 0 Å². The van der Waals surface area contributed by atoms with Gasteiger partial charge in [-0.1, -0.05) is 11.6 Å². The molecule has 1 aromatic rings. The Morgan fingerprint density at radius 1 is 1.43 bits per heavy atom. The van der Waals surface area contributed by atoms with E-state index in [1.165, 1.54) is 18.2 Å². The van der Waals surface area contributed by atoms with Crippen LogP contribution in [-0.2, 0) is 0 Å². The van der Waals surface area contributed by atoms with Crippen LogP contribution in [0.3, 0.4) is 0 Å². The Labute approximate surface area is 128 Å². The molecule has 114 valence electrons. The molecular formula is C14H18ClN3O3. The van der Waals surface area contributed by atoms with Crippen LogP contribution < -0.4 is 5.32 Å². The van der Waals surface area contributed by atoms with Crippen molar-refractivity contribution in [3.63, 3.8) is 0 Å². The molecule has 7 heteroatoms. The van der Waals surface area contributed by atoms with E-state index in [0.29, 0.717) is 18.1 Å². The molecule has 0 saturated carbocycles. The van der Waals surface area contributed by atoms with Crippen LogP contribution in [0.25, 0.3) is 0 Å². The fourth-order valence-corrected chi connectivity index (χ4v) is 2.63. The number of likely N-dealkylation sites (tertiary alicyclic amines) is 1. The maximum Gasteiger partial charge on any atom is 0.282 e. The summed E-state index contributed by atoms with van der Waals surface area (Å²) >= 11 is 5.87. The molecule has 0 unspecified atom stereocenters. The predicted molar refractivity (Wildman–Crippen MR) is 80.7 cm³/mol. The van der Waals surface area contributed by atoms with Crippen LogP contribution in [0.5, 0.6) is 0 Å². The number of nitro benzene ring substituents is 1. The van der Waals surface area contributed by atoms with Gasteiger partial charge in [0.25, 0.3) is 11.6 Å². The second kappa shape index (κ2) is 5.99. The summed E-state index contributed by atoms with van der Waals surface area (Å²) in [6, 6.07) is 4.07. The molecule has 21 heavy (non-hydrogen) atoms. The number of benzene rings is 1. The number of piperidine rings is 1. The molecule has 0 aromatic heterocycles. The van der Waals surface area contributed by atoms with Gasteiger partial charge < -0.3 is 10.2 Å². The zero-order chi connectivity index (χ0) is 15.6. The second-order valence-electron chi connectivity index (χ2n) is 5.52. The summed E-state index contributed by atoms with van der Waals surface area (Å²) in [6.07, 6.45) is 1.62. The van der Waals surface area contributed by atoms with Gasteiger partial charge in [0.1, 0.15) is 5.56 Å². The van der Waals surface area contributed by atoms with Crippen LogP contribution >= 0.6 is 11.6 Å². The molecule has 0 atom stereocenters. The third-order valence-electron chi connectivity index (χ3n) is 4.14. The Balaban J connectivity index is 2.22. The van der Waals surface area contributed by atoms with E-state index in [1.807, 2.05) is 7.05 Å². The van der Waals surface area contributed by atoms with Gasteiger partial charge in [0.05, 0.1) is 4.92 Å². The quantitative estimate of drug-likeness (QED) is 0.687. The number of nitrogens with one attached hydrogen (secondary N) is 1. The third-order valence-corrected chi connectivity index (χ3v) is 4.38. The minimum Gasteiger partial charge on any atom is -0.338 e. The Hall–Kier alpha value is -1.66. The summed E-state index contributed by atoms with van der Waals surface area (Å²) in [5.74, 6) is -0.331. The highest BCUT2D eigenvalue weighted by Gasteiger charge is 2.32. The van der Waals surface area contributed by atoms with Crippen molar-refractivity contribution >= 4 is 23.2 Å². The molecule has 1 amide bonds. The van der Waals surface area contributed by atoms with Crippen molar-refractivity contribution in [3.05, 3.63) is 38.9 Å². The molecule has 0 spiro atoms. The summed E-state index contributed by atoms with van der Waals surface area (Å²) in [5.41, 5.74) is -0.135. The Morgan fingerprint density at radius 3 is 2.57 bits per heavy atom. The number of nitrogens with zero attached hydrogens (tertiary/aromatic N) is 2. The Bertz CT molecular complexity index is 569. The summed E-state index contributed by atoms with van der Waals surface area (Å²) in [6.45, 7) is 3.25. The lowest BCUT2D eigenvalue weighted by atomic mass is 9.89. The van der Waals surface area contributed by atoms with Crippen LogP contribution in [-0.4, -0.2) is 41.4 Å². The average molecular weight is 312 g/mol. The lowest BCUT2D eigenvalue weighted by Crippen LogP contribution is -2.51. The van der Waals surface area contributed by atoms with E-state index in [-0.39, 0.29) is 22.7 Å². The molecule has 1 heterocycles. The zero-order valence-electron chi connectivity index (χ0n) is 12.1. The molecule has 1 aromatic carbocycles.